The van der Waals surface area contributed by atoms with E-state index >= 15 is 0 Å². The average molecular weight is 512 g/mol. The van der Waals surface area contributed by atoms with Crippen molar-refractivity contribution in [3.8, 4) is 0 Å². The summed E-state index contributed by atoms with van der Waals surface area (Å²) in [4.78, 5) is 26.9. The lowest BCUT2D eigenvalue weighted by Gasteiger charge is -2.59. The molecule has 2 saturated heterocycles. The first-order chi connectivity index (χ1) is 17.5. The summed E-state index contributed by atoms with van der Waals surface area (Å²) in [6.07, 6.45) is 13.5. The number of esters is 1. The third-order valence-corrected chi connectivity index (χ3v) is 12.7. The van der Waals surface area contributed by atoms with Gasteiger partial charge in [0.05, 0.1) is 6.10 Å². The summed E-state index contributed by atoms with van der Waals surface area (Å²) in [5.41, 5.74) is 1.71. The molecular weight excluding hydrogens is 462 g/mol. The summed E-state index contributed by atoms with van der Waals surface area (Å²) in [5, 5.41) is 0. The van der Waals surface area contributed by atoms with Gasteiger partial charge in [-0.2, -0.15) is 0 Å². The Hall–Kier alpha value is -1.36. The van der Waals surface area contributed by atoms with E-state index in [0.29, 0.717) is 30.1 Å². The summed E-state index contributed by atoms with van der Waals surface area (Å²) in [6.45, 7) is 14.3. The van der Waals surface area contributed by atoms with Crippen molar-refractivity contribution in [2.24, 2.45) is 46.3 Å². The van der Waals surface area contributed by atoms with Gasteiger partial charge in [0, 0.05) is 32.2 Å². The first-order valence-corrected chi connectivity index (χ1v) is 15.4. The molecule has 11 atom stereocenters. The van der Waals surface area contributed by atoms with Crippen LogP contribution in [0, 0.1) is 46.3 Å². The number of hydrogen-bond donors (Lipinski definition) is 0. The second-order valence-electron chi connectivity index (χ2n) is 14.3. The van der Waals surface area contributed by atoms with Crippen LogP contribution in [0.25, 0.3) is 0 Å². The molecule has 6 aliphatic rings. The SMILES string of the molecule is CCC(=O)O[C@H]1CC[C@@]2(C)C(=CCC3C4CC5OC6(CCC(C)CN6C(C)=O)C(C)C5[C@@]4(C)CCC32)C1. The number of fused-ring (bicyclic) bond motifs is 7. The summed E-state index contributed by atoms with van der Waals surface area (Å²) >= 11 is 0. The van der Waals surface area contributed by atoms with Gasteiger partial charge >= 0.3 is 5.97 Å². The second kappa shape index (κ2) is 8.83. The molecule has 2 aliphatic heterocycles. The van der Waals surface area contributed by atoms with Gasteiger partial charge < -0.3 is 14.4 Å². The van der Waals surface area contributed by atoms with Crippen molar-refractivity contribution in [2.45, 2.75) is 124 Å². The van der Waals surface area contributed by atoms with E-state index in [1.807, 2.05) is 6.92 Å². The minimum absolute atomic E-state index is 0.0588. The van der Waals surface area contributed by atoms with Gasteiger partial charge in [-0.25, -0.2) is 0 Å². The van der Waals surface area contributed by atoms with E-state index < -0.39 is 5.72 Å². The highest BCUT2D eigenvalue weighted by Gasteiger charge is 2.69. The van der Waals surface area contributed by atoms with Crippen molar-refractivity contribution in [1.82, 2.24) is 4.90 Å². The molecule has 8 unspecified atom stereocenters. The van der Waals surface area contributed by atoms with Crippen LogP contribution in [-0.4, -0.2) is 41.3 Å². The average Bonchev–Trinajstić information content (AvgIpc) is 3.31. The van der Waals surface area contributed by atoms with Crippen LogP contribution in [-0.2, 0) is 19.1 Å². The fourth-order valence-electron chi connectivity index (χ4n) is 10.8. The molecule has 0 bridgehead atoms. The third-order valence-electron chi connectivity index (χ3n) is 12.7. The lowest BCUT2D eigenvalue weighted by Crippen LogP contribution is -2.60. The zero-order valence-electron chi connectivity index (χ0n) is 24.1. The maximum absolute atomic E-state index is 12.8. The van der Waals surface area contributed by atoms with Gasteiger partial charge in [-0.1, -0.05) is 46.3 Å². The summed E-state index contributed by atoms with van der Waals surface area (Å²) in [7, 11) is 0. The monoisotopic (exact) mass is 511 g/mol. The first-order valence-electron chi connectivity index (χ1n) is 15.4. The molecule has 206 valence electrons. The van der Waals surface area contributed by atoms with Gasteiger partial charge in [-0.15, -0.1) is 0 Å². The number of likely N-dealkylation sites (tertiary alicyclic amines) is 1. The van der Waals surface area contributed by atoms with Crippen molar-refractivity contribution in [3.63, 3.8) is 0 Å². The summed E-state index contributed by atoms with van der Waals surface area (Å²) < 4.78 is 12.9. The van der Waals surface area contributed by atoms with Crippen LogP contribution in [0.3, 0.4) is 0 Å². The molecule has 0 aromatic rings. The van der Waals surface area contributed by atoms with E-state index in [4.69, 9.17) is 9.47 Å². The highest BCUT2D eigenvalue weighted by molar-refractivity contribution is 5.74. The zero-order chi connectivity index (χ0) is 26.3. The molecule has 0 aromatic heterocycles. The Labute approximate surface area is 224 Å². The number of hydrogen-bond acceptors (Lipinski definition) is 4. The van der Waals surface area contributed by atoms with Crippen LogP contribution in [0.2, 0.25) is 0 Å². The Morgan fingerprint density at radius 2 is 1.89 bits per heavy atom. The maximum atomic E-state index is 12.8. The smallest absolute Gasteiger partial charge is 0.305 e. The predicted molar refractivity (Wildman–Crippen MR) is 143 cm³/mol. The molecule has 2 heterocycles. The first kappa shape index (κ1) is 25.9. The number of nitrogens with zero attached hydrogens (tertiary/aromatic N) is 1. The molecule has 4 aliphatic carbocycles. The van der Waals surface area contributed by atoms with Gasteiger partial charge in [-0.3, -0.25) is 9.59 Å². The fraction of sp³-hybridized carbons (Fsp3) is 0.875. The molecule has 6 rings (SSSR count). The third kappa shape index (κ3) is 3.64. The number of amides is 1. The fourth-order valence-corrected chi connectivity index (χ4v) is 10.8. The van der Waals surface area contributed by atoms with Crippen molar-refractivity contribution in [1.29, 1.82) is 0 Å². The molecule has 5 heteroatoms. The molecule has 0 N–H and O–H groups in total. The Bertz CT molecular complexity index is 991. The van der Waals surface area contributed by atoms with E-state index in [-0.39, 0.29) is 34.9 Å². The molecule has 5 nitrogen and oxygen atoms in total. The van der Waals surface area contributed by atoms with Crippen molar-refractivity contribution >= 4 is 11.9 Å². The molecule has 3 saturated carbocycles. The van der Waals surface area contributed by atoms with Gasteiger partial charge in [-0.05, 0) is 91.8 Å². The van der Waals surface area contributed by atoms with Crippen molar-refractivity contribution < 1.29 is 19.1 Å². The Morgan fingerprint density at radius 3 is 2.62 bits per heavy atom. The maximum Gasteiger partial charge on any atom is 0.305 e. The molecule has 0 aromatic carbocycles. The van der Waals surface area contributed by atoms with E-state index in [2.05, 4.69) is 38.7 Å². The van der Waals surface area contributed by atoms with Gasteiger partial charge in [0.2, 0.25) is 5.91 Å². The minimum atomic E-state index is -0.390. The normalized spacial score (nSPS) is 50.5. The Balaban J connectivity index is 1.24. The van der Waals surface area contributed by atoms with E-state index in [0.717, 1.165) is 56.9 Å². The highest BCUT2D eigenvalue weighted by Crippen LogP contribution is 2.70. The summed E-state index contributed by atoms with van der Waals surface area (Å²) in [6, 6.07) is 0. The van der Waals surface area contributed by atoms with Crippen molar-refractivity contribution in [3.05, 3.63) is 11.6 Å². The second-order valence-corrected chi connectivity index (χ2v) is 14.3. The number of carbonyl (C=O) groups excluding carboxylic acids is 2. The largest absolute Gasteiger partial charge is 0.462 e. The summed E-state index contributed by atoms with van der Waals surface area (Å²) in [5.74, 6) is 3.73. The number of carbonyl (C=O) groups is 2. The number of allylic oxidation sites excluding steroid dienone is 1. The standard InChI is InChI=1S/C32H49NO4/c1-7-28(35)36-23-11-13-30(5)22(16-23)8-9-24-25(30)12-14-31(6)26(24)17-27-29(31)20(3)32(37-27)15-10-19(2)18-33(32)21(4)34/h8,19-20,23-27,29H,7,9-18H2,1-6H3/t19?,20?,23-,24?,25?,26?,27?,29?,30-,31-,32?/m0/s1. The minimum Gasteiger partial charge on any atom is -0.462 e. The van der Waals surface area contributed by atoms with E-state index in [1.54, 1.807) is 12.5 Å². The molecular formula is C32H49NO4. The van der Waals surface area contributed by atoms with Gasteiger partial charge in [0.25, 0.3) is 0 Å². The molecule has 1 spiro atoms. The van der Waals surface area contributed by atoms with Crippen LogP contribution in [0.5, 0.6) is 0 Å². The number of piperidine rings is 1. The predicted octanol–water partition coefficient (Wildman–Crippen LogP) is 6.51. The van der Waals surface area contributed by atoms with Gasteiger partial charge in [0.15, 0.2) is 0 Å². The number of ether oxygens (including phenoxy) is 2. The van der Waals surface area contributed by atoms with Gasteiger partial charge in [0.1, 0.15) is 11.8 Å². The Morgan fingerprint density at radius 1 is 1.11 bits per heavy atom. The van der Waals surface area contributed by atoms with Crippen LogP contribution in [0.4, 0.5) is 0 Å². The van der Waals surface area contributed by atoms with E-state index in [1.165, 1.54) is 19.3 Å². The topological polar surface area (TPSA) is 55.8 Å². The van der Waals surface area contributed by atoms with Crippen LogP contribution < -0.4 is 0 Å². The van der Waals surface area contributed by atoms with Crippen LogP contribution in [0.1, 0.15) is 106 Å². The zero-order valence-corrected chi connectivity index (χ0v) is 24.1. The highest BCUT2D eigenvalue weighted by atomic mass is 16.5. The lowest BCUT2D eigenvalue weighted by atomic mass is 9.46. The molecule has 5 fully saturated rings. The lowest BCUT2D eigenvalue weighted by molar-refractivity contribution is -0.200. The van der Waals surface area contributed by atoms with E-state index in [9.17, 15) is 9.59 Å². The molecule has 37 heavy (non-hydrogen) atoms. The van der Waals surface area contributed by atoms with Crippen molar-refractivity contribution in [2.75, 3.05) is 6.54 Å². The van der Waals surface area contributed by atoms with Crippen LogP contribution in [0.15, 0.2) is 11.6 Å². The number of rotatable bonds is 2. The quantitative estimate of drug-likeness (QED) is 0.313. The molecule has 0 radical (unpaired) electrons. The van der Waals surface area contributed by atoms with Crippen LogP contribution >= 0.6 is 0 Å². The molecule has 1 amide bonds. The Kier molecular flexibility index (Phi) is 6.18.